The van der Waals surface area contributed by atoms with Crippen LogP contribution in [0.4, 0.5) is 0 Å². The Balaban J connectivity index is 4.03. The van der Waals surface area contributed by atoms with Gasteiger partial charge in [-0.15, -0.1) is 6.42 Å². The Kier molecular flexibility index (Phi) is 3.77. The molecule has 68 valence electrons. The van der Waals surface area contributed by atoms with Crippen molar-refractivity contribution in [3.05, 3.63) is 0 Å². The van der Waals surface area contributed by atoms with E-state index in [1.807, 2.05) is 0 Å². The molecule has 0 aromatic heterocycles. The Morgan fingerprint density at radius 2 is 2.17 bits per heavy atom. The summed E-state index contributed by atoms with van der Waals surface area (Å²) >= 11 is 0. The number of hydrogen-bond donors (Lipinski definition) is 1. The van der Waals surface area contributed by atoms with Gasteiger partial charge < -0.3 is 5.32 Å². The first-order valence-corrected chi connectivity index (χ1v) is 5.34. The zero-order chi connectivity index (χ0) is 9.78. The van der Waals surface area contributed by atoms with Crippen molar-refractivity contribution in [2.24, 2.45) is 0 Å². The number of hydrogen-bond acceptors (Lipinski definition) is 3. The van der Waals surface area contributed by atoms with Gasteiger partial charge in [0.25, 0.3) is 0 Å². The van der Waals surface area contributed by atoms with Crippen LogP contribution in [-0.4, -0.2) is 32.4 Å². The summed E-state index contributed by atoms with van der Waals surface area (Å²) in [5.41, 5.74) is 0. The van der Waals surface area contributed by atoms with Gasteiger partial charge in [-0.2, -0.15) is 0 Å². The highest BCUT2D eigenvalue weighted by Gasteiger charge is 2.11. The molecule has 0 spiro atoms. The highest BCUT2D eigenvalue weighted by atomic mass is 32.2. The smallest absolute Gasteiger partial charge is 0.236 e. The summed E-state index contributed by atoms with van der Waals surface area (Å²) in [6.45, 7) is 1.60. The van der Waals surface area contributed by atoms with E-state index in [1.54, 1.807) is 6.92 Å². The van der Waals surface area contributed by atoms with E-state index in [0.29, 0.717) is 0 Å². The molecule has 0 saturated heterocycles. The number of amides is 1. The van der Waals surface area contributed by atoms with Gasteiger partial charge in [0.15, 0.2) is 9.84 Å². The minimum absolute atomic E-state index is 0.431. The largest absolute Gasteiger partial charge is 0.342 e. The Labute approximate surface area is 72.3 Å². The number of nitrogens with one attached hydrogen (secondary N) is 1. The number of rotatable bonds is 3. The molecule has 0 aromatic carbocycles. The average Bonchev–Trinajstić information content (AvgIpc) is 1.82. The minimum atomic E-state index is -3.26. The van der Waals surface area contributed by atoms with Gasteiger partial charge in [-0.25, -0.2) is 8.42 Å². The van der Waals surface area contributed by atoms with Crippen molar-refractivity contribution in [2.75, 3.05) is 12.0 Å². The summed E-state index contributed by atoms with van der Waals surface area (Å²) in [6, 6.07) is -0.431. The van der Waals surface area contributed by atoms with Crippen LogP contribution in [0, 0.1) is 12.3 Å². The maximum Gasteiger partial charge on any atom is 0.236 e. The zero-order valence-electron chi connectivity index (χ0n) is 6.99. The molecule has 0 aliphatic rings. The molecule has 0 radical (unpaired) electrons. The lowest BCUT2D eigenvalue weighted by atomic mass is 10.3. The van der Waals surface area contributed by atoms with Crippen molar-refractivity contribution in [1.29, 1.82) is 0 Å². The molecule has 1 atom stereocenters. The third-order valence-electron chi connectivity index (χ3n) is 1.02. The second kappa shape index (κ2) is 4.12. The Bertz CT molecular complexity index is 299. The minimum Gasteiger partial charge on any atom is -0.342 e. The topological polar surface area (TPSA) is 63.2 Å². The van der Waals surface area contributed by atoms with Crippen LogP contribution in [-0.2, 0) is 14.6 Å². The van der Waals surface area contributed by atoms with Crippen LogP contribution < -0.4 is 5.32 Å². The quantitative estimate of drug-likeness (QED) is 0.589. The number of carbonyl (C=O) groups is 1. The molecule has 0 aliphatic carbocycles. The fourth-order valence-corrected chi connectivity index (χ4v) is 1.12. The van der Waals surface area contributed by atoms with Gasteiger partial charge in [0.05, 0.1) is 6.04 Å². The fourth-order valence-electron chi connectivity index (χ4n) is 0.563. The SMILES string of the molecule is C#CC(C)NC(=O)CS(C)(=O)=O. The average molecular weight is 189 g/mol. The van der Waals surface area contributed by atoms with Crippen molar-refractivity contribution in [2.45, 2.75) is 13.0 Å². The van der Waals surface area contributed by atoms with E-state index in [9.17, 15) is 13.2 Å². The van der Waals surface area contributed by atoms with Crippen molar-refractivity contribution in [3.8, 4) is 12.3 Å². The van der Waals surface area contributed by atoms with E-state index >= 15 is 0 Å². The molecule has 1 N–H and O–H groups in total. The molecule has 0 rings (SSSR count). The van der Waals surface area contributed by atoms with Crippen LogP contribution in [0.5, 0.6) is 0 Å². The van der Waals surface area contributed by atoms with Gasteiger partial charge in [0, 0.05) is 6.26 Å². The fraction of sp³-hybridized carbons (Fsp3) is 0.571. The molecule has 5 heteroatoms. The molecular formula is C7H11NO3S. The van der Waals surface area contributed by atoms with Crippen LogP contribution in [0.2, 0.25) is 0 Å². The van der Waals surface area contributed by atoms with E-state index in [1.165, 1.54) is 0 Å². The first kappa shape index (κ1) is 11.0. The molecular weight excluding hydrogens is 178 g/mol. The van der Waals surface area contributed by atoms with Crippen LogP contribution in [0.1, 0.15) is 6.92 Å². The second-order valence-corrected chi connectivity index (χ2v) is 4.67. The zero-order valence-corrected chi connectivity index (χ0v) is 7.81. The normalized spacial score (nSPS) is 13.1. The van der Waals surface area contributed by atoms with Crippen molar-refractivity contribution >= 4 is 15.7 Å². The van der Waals surface area contributed by atoms with Crippen LogP contribution in [0.3, 0.4) is 0 Å². The Morgan fingerprint density at radius 3 is 2.50 bits per heavy atom. The van der Waals surface area contributed by atoms with Crippen LogP contribution in [0.25, 0.3) is 0 Å². The molecule has 1 unspecified atom stereocenters. The standard InChI is InChI=1S/C7H11NO3S/c1-4-6(2)8-7(9)5-12(3,10)11/h1,6H,5H2,2-3H3,(H,8,9). The van der Waals surface area contributed by atoms with Gasteiger partial charge in [0.2, 0.25) is 5.91 Å². The van der Waals surface area contributed by atoms with Crippen LogP contribution >= 0.6 is 0 Å². The highest BCUT2D eigenvalue weighted by Crippen LogP contribution is 1.84. The summed E-state index contributed by atoms with van der Waals surface area (Å²) in [4.78, 5) is 10.8. The number of carbonyl (C=O) groups excluding carboxylic acids is 1. The lowest BCUT2D eigenvalue weighted by Gasteiger charge is -2.05. The predicted octanol–water partition coefficient (Wildman–Crippen LogP) is -0.831. The molecule has 0 aliphatic heterocycles. The van der Waals surface area contributed by atoms with Crippen molar-refractivity contribution in [1.82, 2.24) is 5.32 Å². The number of terminal acetylenes is 1. The molecule has 0 fully saturated rings. The van der Waals surface area contributed by atoms with Gasteiger partial charge >= 0.3 is 0 Å². The monoisotopic (exact) mass is 189 g/mol. The van der Waals surface area contributed by atoms with Gasteiger partial charge in [-0.05, 0) is 6.92 Å². The molecule has 12 heavy (non-hydrogen) atoms. The lowest BCUT2D eigenvalue weighted by Crippen LogP contribution is -2.35. The van der Waals surface area contributed by atoms with Gasteiger partial charge in [-0.3, -0.25) is 4.79 Å². The molecule has 0 heterocycles. The summed E-state index contributed by atoms with van der Waals surface area (Å²) < 4.78 is 21.2. The first-order chi connectivity index (χ1) is 5.35. The third-order valence-corrected chi connectivity index (χ3v) is 1.81. The van der Waals surface area contributed by atoms with E-state index in [2.05, 4.69) is 11.2 Å². The maximum atomic E-state index is 10.8. The van der Waals surface area contributed by atoms with E-state index in [0.717, 1.165) is 6.26 Å². The van der Waals surface area contributed by atoms with Gasteiger partial charge in [-0.1, -0.05) is 5.92 Å². The van der Waals surface area contributed by atoms with Crippen LogP contribution in [0.15, 0.2) is 0 Å². The summed E-state index contributed by atoms with van der Waals surface area (Å²) in [6.07, 6.45) is 5.96. The summed E-state index contributed by atoms with van der Waals surface area (Å²) in [5, 5.41) is 2.33. The van der Waals surface area contributed by atoms with Gasteiger partial charge in [0.1, 0.15) is 5.75 Å². The predicted molar refractivity (Wildman–Crippen MR) is 46.1 cm³/mol. The summed E-state index contributed by atoms with van der Waals surface area (Å²) in [5.74, 6) is 1.17. The Hall–Kier alpha value is -1.02. The van der Waals surface area contributed by atoms with E-state index in [-0.39, 0.29) is 0 Å². The third kappa shape index (κ3) is 5.74. The molecule has 0 aromatic rings. The van der Waals surface area contributed by atoms with Crippen molar-refractivity contribution in [3.63, 3.8) is 0 Å². The summed E-state index contributed by atoms with van der Waals surface area (Å²) in [7, 11) is -3.26. The molecule has 1 amide bonds. The van der Waals surface area contributed by atoms with E-state index < -0.39 is 27.5 Å². The molecule has 4 nitrogen and oxygen atoms in total. The van der Waals surface area contributed by atoms with E-state index in [4.69, 9.17) is 6.42 Å². The lowest BCUT2D eigenvalue weighted by molar-refractivity contribution is -0.118. The first-order valence-electron chi connectivity index (χ1n) is 3.28. The number of sulfone groups is 1. The second-order valence-electron chi connectivity index (χ2n) is 2.53. The maximum absolute atomic E-state index is 10.8. The Morgan fingerprint density at radius 1 is 1.67 bits per heavy atom. The van der Waals surface area contributed by atoms with Crippen molar-refractivity contribution < 1.29 is 13.2 Å². The molecule has 0 bridgehead atoms. The highest BCUT2D eigenvalue weighted by molar-refractivity contribution is 7.91. The molecule has 0 saturated carbocycles.